The van der Waals surface area contributed by atoms with E-state index in [9.17, 15) is 4.79 Å². The molecule has 0 bridgehead atoms. The summed E-state index contributed by atoms with van der Waals surface area (Å²) < 4.78 is 11.0. The monoisotopic (exact) mass is 281 g/mol. The van der Waals surface area contributed by atoms with Gasteiger partial charge in [-0.2, -0.15) is 0 Å². The number of rotatable bonds is 2. The van der Waals surface area contributed by atoms with Gasteiger partial charge in [0.2, 0.25) is 0 Å². The number of hydrogen-bond acceptors (Lipinski definition) is 4. The second kappa shape index (κ2) is 4.98. The summed E-state index contributed by atoms with van der Waals surface area (Å²) in [5.41, 5.74) is 8.50. The van der Waals surface area contributed by atoms with E-state index >= 15 is 0 Å². The number of anilines is 1. The minimum absolute atomic E-state index is 0.364. The van der Waals surface area contributed by atoms with Crippen molar-refractivity contribution >= 4 is 16.7 Å². The fourth-order valence-electron chi connectivity index (χ4n) is 2.34. The Labute approximate surface area is 121 Å². The van der Waals surface area contributed by atoms with Crippen LogP contribution in [-0.2, 0) is 0 Å². The molecule has 0 radical (unpaired) electrons. The van der Waals surface area contributed by atoms with Gasteiger partial charge in [0.25, 0.3) is 0 Å². The minimum atomic E-state index is -0.364. The van der Waals surface area contributed by atoms with E-state index in [0.29, 0.717) is 22.8 Å². The molecule has 2 N–H and O–H groups in total. The number of ether oxygens (including phenoxy) is 1. The Morgan fingerprint density at radius 1 is 1.00 bits per heavy atom. The lowest BCUT2D eigenvalue weighted by molar-refractivity contribution is 0.480. The largest absolute Gasteiger partial charge is 0.457 e. The highest BCUT2D eigenvalue weighted by Crippen LogP contribution is 2.28. The summed E-state index contributed by atoms with van der Waals surface area (Å²) in [6.07, 6.45) is 0. The average Bonchev–Trinajstić information content (AvgIpc) is 2.36. The predicted octanol–water partition coefficient (Wildman–Crippen LogP) is 3.78. The van der Waals surface area contributed by atoms with Crippen LogP contribution in [0.15, 0.2) is 51.7 Å². The first-order valence-corrected chi connectivity index (χ1v) is 6.61. The third-order valence-electron chi connectivity index (χ3n) is 3.23. The van der Waals surface area contributed by atoms with Crippen molar-refractivity contribution in [2.24, 2.45) is 0 Å². The topological polar surface area (TPSA) is 65.5 Å². The van der Waals surface area contributed by atoms with Crippen molar-refractivity contribution < 1.29 is 9.15 Å². The fraction of sp³-hybridized carbons (Fsp3) is 0.118. The third-order valence-corrected chi connectivity index (χ3v) is 3.23. The quantitative estimate of drug-likeness (QED) is 0.573. The lowest BCUT2D eigenvalue weighted by atomic mass is 10.1. The van der Waals surface area contributed by atoms with E-state index < -0.39 is 0 Å². The molecular weight excluding hydrogens is 266 g/mol. The summed E-state index contributed by atoms with van der Waals surface area (Å²) in [5, 5.41) is 0.894. The van der Waals surface area contributed by atoms with Crippen molar-refractivity contribution in [3.8, 4) is 11.5 Å². The number of fused-ring (bicyclic) bond motifs is 1. The minimum Gasteiger partial charge on any atom is -0.457 e. The van der Waals surface area contributed by atoms with E-state index in [-0.39, 0.29) is 5.63 Å². The number of nitrogen functional groups attached to an aromatic ring is 1. The molecule has 0 saturated carbocycles. The number of nitrogens with two attached hydrogens (primary N) is 1. The van der Waals surface area contributed by atoms with Gasteiger partial charge in [-0.15, -0.1) is 0 Å². The molecule has 0 aliphatic carbocycles. The molecule has 0 fully saturated rings. The Kier molecular flexibility index (Phi) is 3.14. The molecule has 3 aromatic rings. The SMILES string of the molecule is Cc1cc(N)cc(Oc2ccc3c(C)cc(=O)oc3c2)c1. The summed E-state index contributed by atoms with van der Waals surface area (Å²) in [6, 6.07) is 12.4. The van der Waals surface area contributed by atoms with Crippen LogP contribution >= 0.6 is 0 Å². The van der Waals surface area contributed by atoms with Crippen LogP contribution in [-0.4, -0.2) is 0 Å². The Hall–Kier alpha value is -2.75. The zero-order valence-corrected chi connectivity index (χ0v) is 11.8. The maximum atomic E-state index is 11.4. The van der Waals surface area contributed by atoms with Crippen molar-refractivity contribution in [2.75, 3.05) is 5.73 Å². The van der Waals surface area contributed by atoms with E-state index in [1.807, 2.05) is 38.1 Å². The molecule has 0 aliphatic heterocycles. The molecule has 0 aliphatic rings. The van der Waals surface area contributed by atoms with E-state index in [1.165, 1.54) is 6.07 Å². The molecule has 2 aromatic carbocycles. The molecule has 0 saturated heterocycles. The third kappa shape index (κ3) is 2.74. The Morgan fingerprint density at radius 2 is 1.81 bits per heavy atom. The van der Waals surface area contributed by atoms with Gasteiger partial charge in [-0.05, 0) is 49.2 Å². The smallest absolute Gasteiger partial charge is 0.336 e. The summed E-state index contributed by atoms with van der Waals surface area (Å²) in [4.78, 5) is 11.4. The van der Waals surface area contributed by atoms with Crippen LogP contribution in [0.4, 0.5) is 5.69 Å². The lowest BCUT2D eigenvalue weighted by Gasteiger charge is -2.08. The first kappa shape index (κ1) is 13.2. The molecule has 0 unspecified atom stereocenters. The molecule has 0 amide bonds. The van der Waals surface area contributed by atoms with Gasteiger partial charge in [-0.3, -0.25) is 0 Å². The zero-order chi connectivity index (χ0) is 15.0. The van der Waals surface area contributed by atoms with Gasteiger partial charge in [-0.25, -0.2) is 4.79 Å². The molecule has 0 atom stereocenters. The van der Waals surface area contributed by atoms with E-state index in [0.717, 1.165) is 16.5 Å². The molecule has 4 nitrogen and oxygen atoms in total. The summed E-state index contributed by atoms with van der Waals surface area (Å²) in [5.74, 6) is 1.25. The first-order valence-electron chi connectivity index (χ1n) is 6.61. The van der Waals surface area contributed by atoms with Gasteiger partial charge in [0.1, 0.15) is 17.1 Å². The average molecular weight is 281 g/mol. The van der Waals surface area contributed by atoms with Gasteiger partial charge in [-0.1, -0.05) is 0 Å². The Bertz CT molecular complexity index is 861. The van der Waals surface area contributed by atoms with Gasteiger partial charge in [0.05, 0.1) is 0 Å². The Balaban J connectivity index is 2.03. The molecule has 4 heteroatoms. The van der Waals surface area contributed by atoms with Crippen LogP contribution in [0.25, 0.3) is 11.0 Å². The summed E-state index contributed by atoms with van der Waals surface area (Å²) >= 11 is 0. The summed E-state index contributed by atoms with van der Waals surface area (Å²) in [6.45, 7) is 3.83. The lowest BCUT2D eigenvalue weighted by Crippen LogP contribution is -1.98. The molecule has 3 rings (SSSR count). The zero-order valence-electron chi connectivity index (χ0n) is 11.8. The molecule has 1 aromatic heterocycles. The van der Waals surface area contributed by atoms with E-state index in [2.05, 4.69) is 0 Å². The molecule has 106 valence electrons. The van der Waals surface area contributed by atoms with Crippen molar-refractivity contribution in [2.45, 2.75) is 13.8 Å². The van der Waals surface area contributed by atoms with Crippen molar-refractivity contribution in [3.63, 3.8) is 0 Å². The van der Waals surface area contributed by atoms with Crippen molar-refractivity contribution in [1.29, 1.82) is 0 Å². The van der Waals surface area contributed by atoms with E-state index in [1.54, 1.807) is 12.1 Å². The van der Waals surface area contributed by atoms with Gasteiger partial charge >= 0.3 is 5.63 Å². The highest BCUT2D eigenvalue weighted by atomic mass is 16.5. The van der Waals surface area contributed by atoms with Crippen molar-refractivity contribution in [1.82, 2.24) is 0 Å². The standard InChI is InChI=1S/C17H15NO3/c1-10-5-12(18)8-14(6-10)20-13-3-4-15-11(2)7-17(19)21-16(15)9-13/h3-9H,18H2,1-2H3. The van der Waals surface area contributed by atoms with Gasteiger partial charge in [0.15, 0.2) is 0 Å². The van der Waals surface area contributed by atoms with Gasteiger partial charge < -0.3 is 14.9 Å². The van der Waals surface area contributed by atoms with Crippen molar-refractivity contribution in [3.05, 3.63) is 64.0 Å². The van der Waals surface area contributed by atoms with Crippen LogP contribution in [0, 0.1) is 13.8 Å². The second-order valence-electron chi connectivity index (χ2n) is 5.09. The normalized spacial score (nSPS) is 10.8. The number of benzene rings is 2. The fourth-order valence-corrected chi connectivity index (χ4v) is 2.34. The number of hydrogen-bond donors (Lipinski definition) is 1. The highest BCUT2D eigenvalue weighted by Gasteiger charge is 2.05. The summed E-state index contributed by atoms with van der Waals surface area (Å²) in [7, 11) is 0. The maximum Gasteiger partial charge on any atom is 0.336 e. The van der Waals surface area contributed by atoms with Crippen LogP contribution in [0.1, 0.15) is 11.1 Å². The first-order chi connectivity index (χ1) is 10.0. The number of aryl methyl sites for hydroxylation is 2. The predicted molar refractivity (Wildman–Crippen MR) is 82.9 cm³/mol. The van der Waals surface area contributed by atoms with Gasteiger partial charge in [0, 0.05) is 29.3 Å². The highest BCUT2D eigenvalue weighted by molar-refractivity contribution is 5.81. The van der Waals surface area contributed by atoms with Crippen LogP contribution in [0.2, 0.25) is 0 Å². The van der Waals surface area contributed by atoms with Crippen LogP contribution in [0.5, 0.6) is 11.5 Å². The Morgan fingerprint density at radius 3 is 2.57 bits per heavy atom. The van der Waals surface area contributed by atoms with Crippen LogP contribution < -0.4 is 16.1 Å². The van der Waals surface area contributed by atoms with Crippen LogP contribution in [0.3, 0.4) is 0 Å². The molecule has 1 heterocycles. The molecule has 0 spiro atoms. The molecular formula is C17H15NO3. The second-order valence-corrected chi connectivity index (χ2v) is 5.09. The molecule has 21 heavy (non-hydrogen) atoms. The maximum absolute atomic E-state index is 11.4. The van der Waals surface area contributed by atoms with E-state index in [4.69, 9.17) is 14.9 Å².